The molecular formula is C11H19ClN4. The number of nitrogens with one attached hydrogen (secondary N) is 2. The van der Waals surface area contributed by atoms with Crippen LogP contribution in [0.4, 0.5) is 11.8 Å². The molecule has 1 unspecified atom stereocenters. The predicted molar refractivity (Wildman–Crippen MR) is 69.1 cm³/mol. The van der Waals surface area contributed by atoms with Gasteiger partial charge >= 0.3 is 0 Å². The molecule has 0 aliphatic carbocycles. The van der Waals surface area contributed by atoms with Crippen LogP contribution in [0.15, 0.2) is 6.20 Å². The van der Waals surface area contributed by atoms with Crippen molar-refractivity contribution in [3.05, 3.63) is 11.2 Å². The van der Waals surface area contributed by atoms with Crippen molar-refractivity contribution in [1.82, 2.24) is 9.97 Å². The van der Waals surface area contributed by atoms with Gasteiger partial charge in [0.15, 0.2) is 5.82 Å². The van der Waals surface area contributed by atoms with Crippen LogP contribution in [-0.2, 0) is 0 Å². The van der Waals surface area contributed by atoms with Crippen LogP contribution >= 0.6 is 11.6 Å². The zero-order valence-corrected chi connectivity index (χ0v) is 11.0. The molecule has 16 heavy (non-hydrogen) atoms. The lowest BCUT2D eigenvalue weighted by molar-refractivity contribution is 0.558. The number of rotatable bonds is 5. The number of aromatic nitrogens is 2. The first-order chi connectivity index (χ1) is 7.54. The topological polar surface area (TPSA) is 49.8 Å². The molecule has 5 heteroatoms. The van der Waals surface area contributed by atoms with E-state index in [0.29, 0.717) is 28.7 Å². The molecule has 1 heterocycles. The van der Waals surface area contributed by atoms with Crippen LogP contribution in [0.1, 0.15) is 27.7 Å². The van der Waals surface area contributed by atoms with Gasteiger partial charge in [-0.15, -0.1) is 0 Å². The van der Waals surface area contributed by atoms with Crippen molar-refractivity contribution in [3.63, 3.8) is 0 Å². The molecule has 90 valence electrons. The second-order valence-corrected chi connectivity index (χ2v) is 4.50. The predicted octanol–water partition coefficient (Wildman–Crippen LogP) is 3.02. The fourth-order valence-corrected chi connectivity index (χ4v) is 1.24. The Morgan fingerprint density at radius 3 is 2.62 bits per heavy atom. The number of hydrogen-bond donors (Lipinski definition) is 2. The van der Waals surface area contributed by atoms with Crippen molar-refractivity contribution < 1.29 is 0 Å². The number of hydrogen-bond acceptors (Lipinski definition) is 4. The van der Waals surface area contributed by atoms with Crippen LogP contribution in [0.5, 0.6) is 0 Å². The maximum Gasteiger partial charge on any atom is 0.224 e. The number of halogens is 1. The maximum atomic E-state index is 6.03. The highest BCUT2D eigenvalue weighted by Gasteiger charge is 2.11. The van der Waals surface area contributed by atoms with Gasteiger partial charge in [-0.2, -0.15) is 4.98 Å². The van der Waals surface area contributed by atoms with Gasteiger partial charge in [-0.25, -0.2) is 4.98 Å². The Balaban J connectivity index is 2.81. The molecule has 0 radical (unpaired) electrons. The van der Waals surface area contributed by atoms with Gasteiger partial charge in [0.25, 0.3) is 0 Å². The van der Waals surface area contributed by atoms with E-state index in [1.54, 1.807) is 6.20 Å². The minimum Gasteiger partial charge on any atom is -0.366 e. The molecule has 1 aromatic rings. The van der Waals surface area contributed by atoms with E-state index < -0.39 is 0 Å². The lowest BCUT2D eigenvalue weighted by atomic mass is 10.1. The molecule has 4 nitrogen and oxygen atoms in total. The van der Waals surface area contributed by atoms with E-state index in [0.717, 1.165) is 6.54 Å². The third-order valence-electron chi connectivity index (χ3n) is 2.44. The molecular weight excluding hydrogens is 224 g/mol. The van der Waals surface area contributed by atoms with Crippen LogP contribution in [0.25, 0.3) is 0 Å². The third-order valence-corrected chi connectivity index (χ3v) is 2.72. The Bertz CT molecular complexity index is 341. The SMILES string of the molecule is CCNc1ncc(Cl)c(NC(C)C(C)C)n1. The van der Waals surface area contributed by atoms with E-state index in [-0.39, 0.29) is 0 Å². The van der Waals surface area contributed by atoms with E-state index in [9.17, 15) is 0 Å². The second-order valence-electron chi connectivity index (χ2n) is 4.10. The molecule has 1 rings (SSSR count). The van der Waals surface area contributed by atoms with Crippen molar-refractivity contribution in [2.24, 2.45) is 5.92 Å². The minimum absolute atomic E-state index is 0.321. The zero-order valence-electron chi connectivity index (χ0n) is 10.2. The van der Waals surface area contributed by atoms with E-state index in [1.807, 2.05) is 6.92 Å². The summed E-state index contributed by atoms with van der Waals surface area (Å²) in [5.41, 5.74) is 0. The normalized spacial score (nSPS) is 12.6. The van der Waals surface area contributed by atoms with E-state index >= 15 is 0 Å². The van der Waals surface area contributed by atoms with Crippen molar-refractivity contribution in [2.75, 3.05) is 17.2 Å². The van der Waals surface area contributed by atoms with Gasteiger partial charge < -0.3 is 10.6 Å². The Kier molecular flexibility index (Phi) is 4.80. The van der Waals surface area contributed by atoms with Crippen molar-refractivity contribution in [2.45, 2.75) is 33.7 Å². The highest BCUT2D eigenvalue weighted by Crippen LogP contribution is 2.21. The average Bonchev–Trinajstić information content (AvgIpc) is 2.23. The molecule has 0 aliphatic heterocycles. The summed E-state index contributed by atoms with van der Waals surface area (Å²) in [7, 11) is 0. The summed E-state index contributed by atoms with van der Waals surface area (Å²) in [6.07, 6.45) is 1.61. The molecule has 0 spiro atoms. The first-order valence-corrected chi connectivity index (χ1v) is 5.95. The first-order valence-electron chi connectivity index (χ1n) is 5.57. The standard InChI is InChI=1S/C11H19ClN4/c1-5-13-11-14-6-9(12)10(16-11)15-8(4)7(2)3/h6-8H,5H2,1-4H3,(H2,13,14,15,16). The summed E-state index contributed by atoms with van der Waals surface area (Å²) in [5, 5.41) is 6.89. The summed E-state index contributed by atoms with van der Waals surface area (Å²) < 4.78 is 0. The molecule has 1 aromatic heterocycles. The molecule has 0 bridgehead atoms. The van der Waals surface area contributed by atoms with Gasteiger partial charge in [0.05, 0.1) is 6.20 Å². The van der Waals surface area contributed by atoms with Gasteiger partial charge in [-0.1, -0.05) is 25.4 Å². The van der Waals surface area contributed by atoms with Crippen molar-refractivity contribution >= 4 is 23.4 Å². The first kappa shape index (κ1) is 13.0. The van der Waals surface area contributed by atoms with Crippen LogP contribution in [0, 0.1) is 5.92 Å². The molecule has 1 atom stereocenters. The van der Waals surface area contributed by atoms with Gasteiger partial charge in [-0.05, 0) is 19.8 Å². The minimum atomic E-state index is 0.321. The highest BCUT2D eigenvalue weighted by atomic mass is 35.5. The van der Waals surface area contributed by atoms with Crippen LogP contribution < -0.4 is 10.6 Å². The monoisotopic (exact) mass is 242 g/mol. The molecule has 0 aromatic carbocycles. The lowest BCUT2D eigenvalue weighted by Gasteiger charge is -2.19. The van der Waals surface area contributed by atoms with Gasteiger partial charge in [0, 0.05) is 12.6 Å². The summed E-state index contributed by atoms with van der Waals surface area (Å²) in [6, 6.07) is 0.321. The molecule has 0 aliphatic rings. The Labute approximate surface area is 102 Å². The fraction of sp³-hybridized carbons (Fsp3) is 0.636. The molecule has 0 fully saturated rings. The molecule has 0 saturated carbocycles. The second kappa shape index (κ2) is 5.89. The van der Waals surface area contributed by atoms with E-state index in [4.69, 9.17) is 11.6 Å². The Hall–Kier alpha value is -1.03. The van der Waals surface area contributed by atoms with E-state index in [2.05, 4.69) is 41.4 Å². The van der Waals surface area contributed by atoms with Crippen molar-refractivity contribution in [1.29, 1.82) is 0 Å². The number of nitrogens with zero attached hydrogens (tertiary/aromatic N) is 2. The largest absolute Gasteiger partial charge is 0.366 e. The van der Waals surface area contributed by atoms with Gasteiger partial charge in [0.2, 0.25) is 5.95 Å². The van der Waals surface area contributed by atoms with Crippen LogP contribution in [-0.4, -0.2) is 22.6 Å². The van der Waals surface area contributed by atoms with Crippen LogP contribution in [0.3, 0.4) is 0 Å². The Morgan fingerprint density at radius 2 is 2.06 bits per heavy atom. The zero-order chi connectivity index (χ0) is 12.1. The summed E-state index contributed by atoms with van der Waals surface area (Å²) in [6.45, 7) is 9.20. The van der Waals surface area contributed by atoms with Crippen molar-refractivity contribution in [3.8, 4) is 0 Å². The average molecular weight is 243 g/mol. The smallest absolute Gasteiger partial charge is 0.224 e. The molecule has 0 amide bonds. The fourth-order valence-electron chi connectivity index (χ4n) is 1.09. The maximum absolute atomic E-state index is 6.03. The molecule has 2 N–H and O–H groups in total. The third kappa shape index (κ3) is 3.52. The Morgan fingerprint density at radius 1 is 1.38 bits per heavy atom. The molecule has 0 saturated heterocycles. The number of anilines is 2. The summed E-state index contributed by atoms with van der Waals surface area (Å²) in [5.74, 6) is 1.81. The summed E-state index contributed by atoms with van der Waals surface area (Å²) in [4.78, 5) is 8.41. The highest BCUT2D eigenvalue weighted by molar-refractivity contribution is 6.32. The quantitative estimate of drug-likeness (QED) is 0.834. The van der Waals surface area contributed by atoms with Gasteiger partial charge in [0.1, 0.15) is 5.02 Å². The van der Waals surface area contributed by atoms with E-state index in [1.165, 1.54) is 0 Å². The summed E-state index contributed by atoms with van der Waals surface area (Å²) >= 11 is 6.03. The van der Waals surface area contributed by atoms with Gasteiger partial charge in [-0.3, -0.25) is 0 Å². The van der Waals surface area contributed by atoms with Crippen LogP contribution in [0.2, 0.25) is 5.02 Å². The lowest BCUT2D eigenvalue weighted by Crippen LogP contribution is -2.22.